The molecular formula is C14H13FN2O. The first-order valence-corrected chi connectivity index (χ1v) is 5.45. The van der Waals surface area contributed by atoms with Crippen molar-refractivity contribution in [3.05, 3.63) is 59.4 Å². The predicted molar refractivity (Wildman–Crippen MR) is 68.7 cm³/mol. The largest absolute Gasteiger partial charge is 0.454 e. The van der Waals surface area contributed by atoms with Crippen LogP contribution in [0.3, 0.4) is 0 Å². The van der Waals surface area contributed by atoms with Gasteiger partial charge in [0.1, 0.15) is 11.6 Å². The molecule has 2 aromatic carbocycles. The fraction of sp³-hybridized carbons (Fsp3) is 0.0714. The molecule has 0 aromatic heterocycles. The topological polar surface area (TPSA) is 59.1 Å². The second kappa shape index (κ2) is 4.87. The van der Waals surface area contributed by atoms with Gasteiger partial charge in [-0.1, -0.05) is 18.2 Å². The zero-order valence-corrected chi connectivity index (χ0v) is 9.91. The van der Waals surface area contributed by atoms with Crippen LogP contribution in [0.4, 0.5) is 4.39 Å². The molecule has 0 saturated heterocycles. The number of para-hydroxylation sites is 1. The average molecular weight is 244 g/mol. The van der Waals surface area contributed by atoms with E-state index < -0.39 is 5.82 Å². The van der Waals surface area contributed by atoms with Crippen molar-refractivity contribution in [3.63, 3.8) is 0 Å². The van der Waals surface area contributed by atoms with Crippen LogP contribution in [0.25, 0.3) is 0 Å². The molecule has 0 bridgehead atoms. The molecular weight excluding hydrogens is 231 g/mol. The normalized spacial score (nSPS) is 10.1. The lowest BCUT2D eigenvalue weighted by Crippen LogP contribution is -2.12. The molecule has 0 aliphatic heterocycles. The Labute approximate surface area is 105 Å². The van der Waals surface area contributed by atoms with E-state index in [1.807, 2.05) is 13.0 Å². The molecule has 0 unspecified atom stereocenters. The summed E-state index contributed by atoms with van der Waals surface area (Å²) in [5.74, 6) is -0.0620. The van der Waals surface area contributed by atoms with Gasteiger partial charge in [-0.05, 0) is 36.8 Å². The molecule has 0 heterocycles. The van der Waals surface area contributed by atoms with E-state index in [0.717, 1.165) is 5.56 Å². The van der Waals surface area contributed by atoms with Gasteiger partial charge in [0.15, 0.2) is 11.6 Å². The zero-order chi connectivity index (χ0) is 13.1. The molecule has 0 atom stereocenters. The van der Waals surface area contributed by atoms with Gasteiger partial charge in [0.25, 0.3) is 0 Å². The van der Waals surface area contributed by atoms with E-state index in [0.29, 0.717) is 11.3 Å². The molecule has 2 aromatic rings. The number of hydrogen-bond acceptors (Lipinski definition) is 2. The number of rotatable bonds is 3. The van der Waals surface area contributed by atoms with Crippen LogP contribution in [0, 0.1) is 18.2 Å². The third-order valence-corrected chi connectivity index (χ3v) is 2.48. The smallest absolute Gasteiger partial charge is 0.165 e. The highest BCUT2D eigenvalue weighted by atomic mass is 19.1. The van der Waals surface area contributed by atoms with Gasteiger partial charge in [0.05, 0.1) is 5.56 Å². The van der Waals surface area contributed by atoms with Gasteiger partial charge in [-0.15, -0.1) is 0 Å². The van der Waals surface area contributed by atoms with Crippen molar-refractivity contribution in [2.75, 3.05) is 0 Å². The summed E-state index contributed by atoms with van der Waals surface area (Å²) in [7, 11) is 0. The molecule has 0 fully saturated rings. The van der Waals surface area contributed by atoms with Crippen molar-refractivity contribution in [2.24, 2.45) is 5.73 Å². The molecule has 3 nitrogen and oxygen atoms in total. The van der Waals surface area contributed by atoms with E-state index in [1.165, 1.54) is 12.1 Å². The van der Waals surface area contributed by atoms with Crippen molar-refractivity contribution >= 4 is 5.84 Å². The van der Waals surface area contributed by atoms with Gasteiger partial charge in [-0.2, -0.15) is 0 Å². The van der Waals surface area contributed by atoms with Crippen molar-refractivity contribution in [2.45, 2.75) is 6.92 Å². The molecule has 0 spiro atoms. The van der Waals surface area contributed by atoms with E-state index in [9.17, 15) is 4.39 Å². The lowest BCUT2D eigenvalue weighted by molar-refractivity contribution is 0.441. The van der Waals surface area contributed by atoms with Crippen LogP contribution in [0.5, 0.6) is 11.5 Å². The number of nitrogen functional groups attached to an aromatic ring is 1. The van der Waals surface area contributed by atoms with E-state index in [-0.39, 0.29) is 11.6 Å². The molecule has 0 aliphatic carbocycles. The molecule has 0 amide bonds. The maximum atomic E-state index is 13.5. The molecule has 18 heavy (non-hydrogen) atoms. The minimum atomic E-state index is -0.450. The second-order valence-electron chi connectivity index (χ2n) is 3.95. The molecule has 92 valence electrons. The highest BCUT2D eigenvalue weighted by Crippen LogP contribution is 2.28. The number of ether oxygens (including phenoxy) is 1. The molecule has 0 saturated carbocycles. The Balaban J connectivity index is 2.42. The van der Waals surface area contributed by atoms with Gasteiger partial charge < -0.3 is 10.5 Å². The first-order valence-electron chi connectivity index (χ1n) is 5.45. The van der Waals surface area contributed by atoms with Crippen LogP contribution in [0.1, 0.15) is 11.1 Å². The van der Waals surface area contributed by atoms with Crippen molar-refractivity contribution in [3.8, 4) is 11.5 Å². The Hall–Kier alpha value is -2.36. The van der Waals surface area contributed by atoms with Gasteiger partial charge in [-0.25, -0.2) is 4.39 Å². The summed E-state index contributed by atoms with van der Waals surface area (Å²) in [6, 6.07) is 11.4. The molecule has 0 aliphatic rings. The third-order valence-electron chi connectivity index (χ3n) is 2.48. The summed E-state index contributed by atoms with van der Waals surface area (Å²) in [5.41, 5.74) is 6.86. The van der Waals surface area contributed by atoms with E-state index in [2.05, 4.69) is 0 Å². The summed E-state index contributed by atoms with van der Waals surface area (Å²) in [4.78, 5) is 0. The first-order chi connectivity index (χ1) is 8.58. The standard InChI is InChI=1S/C14H13FN2O/c1-9-6-7-10(14(16)17)13(8-9)18-12-5-3-2-4-11(12)15/h2-8H,1H3,(H3,16,17). The summed E-state index contributed by atoms with van der Waals surface area (Å²) < 4.78 is 19.0. The lowest BCUT2D eigenvalue weighted by Gasteiger charge is -2.11. The highest BCUT2D eigenvalue weighted by molar-refractivity contribution is 5.97. The van der Waals surface area contributed by atoms with Crippen molar-refractivity contribution in [1.29, 1.82) is 5.41 Å². The number of nitrogens with one attached hydrogen (secondary N) is 1. The van der Waals surface area contributed by atoms with Crippen LogP contribution in [-0.2, 0) is 0 Å². The fourth-order valence-corrected chi connectivity index (χ4v) is 1.58. The Morgan fingerprint density at radius 2 is 1.89 bits per heavy atom. The van der Waals surface area contributed by atoms with E-state index in [1.54, 1.807) is 24.3 Å². The van der Waals surface area contributed by atoms with Crippen LogP contribution in [0.15, 0.2) is 42.5 Å². The highest BCUT2D eigenvalue weighted by Gasteiger charge is 2.10. The minimum Gasteiger partial charge on any atom is -0.454 e. The van der Waals surface area contributed by atoms with Crippen LogP contribution < -0.4 is 10.5 Å². The Morgan fingerprint density at radius 1 is 1.17 bits per heavy atom. The monoisotopic (exact) mass is 244 g/mol. The number of aryl methyl sites for hydroxylation is 1. The molecule has 2 rings (SSSR count). The Morgan fingerprint density at radius 3 is 2.56 bits per heavy atom. The quantitative estimate of drug-likeness (QED) is 0.643. The van der Waals surface area contributed by atoms with Crippen LogP contribution >= 0.6 is 0 Å². The third kappa shape index (κ3) is 2.48. The van der Waals surface area contributed by atoms with Crippen molar-refractivity contribution in [1.82, 2.24) is 0 Å². The second-order valence-corrected chi connectivity index (χ2v) is 3.95. The first kappa shape index (κ1) is 12.1. The number of nitrogens with two attached hydrogens (primary N) is 1. The zero-order valence-electron chi connectivity index (χ0n) is 9.91. The average Bonchev–Trinajstić information content (AvgIpc) is 2.32. The Kier molecular flexibility index (Phi) is 3.28. The minimum absolute atomic E-state index is 0.110. The van der Waals surface area contributed by atoms with Gasteiger partial charge in [0, 0.05) is 0 Å². The van der Waals surface area contributed by atoms with E-state index in [4.69, 9.17) is 15.9 Å². The SMILES string of the molecule is Cc1ccc(C(=N)N)c(Oc2ccccc2F)c1. The summed E-state index contributed by atoms with van der Waals surface area (Å²) >= 11 is 0. The van der Waals surface area contributed by atoms with Crippen LogP contribution in [0.2, 0.25) is 0 Å². The molecule has 3 N–H and O–H groups in total. The van der Waals surface area contributed by atoms with Crippen LogP contribution in [-0.4, -0.2) is 5.84 Å². The fourth-order valence-electron chi connectivity index (χ4n) is 1.58. The summed E-state index contributed by atoms with van der Waals surface area (Å²) in [5, 5.41) is 7.47. The summed E-state index contributed by atoms with van der Waals surface area (Å²) in [6.45, 7) is 1.89. The van der Waals surface area contributed by atoms with Gasteiger partial charge >= 0.3 is 0 Å². The van der Waals surface area contributed by atoms with Crippen molar-refractivity contribution < 1.29 is 9.13 Å². The molecule has 0 radical (unpaired) electrons. The molecule has 4 heteroatoms. The predicted octanol–water partition coefficient (Wildman–Crippen LogP) is 3.21. The van der Waals surface area contributed by atoms with Gasteiger partial charge in [0.2, 0.25) is 0 Å². The number of amidine groups is 1. The number of hydrogen-bond donors (Lipinski definition) is 2. The Bertz CT molecular complexity index is 596. The van der Waals surface area contributed by atoms with E-state index >= 15 is 0 Å². The maximum absolute atomic E-state index is 13.5. The van der Waals surface area contributed by atoms with Gasteiger partial charge in [-0.3, -0.25) is 5.41 Å². The summed E-state index contributed by atoms with van der Waals surface area (Å²) in [6.07, 6.45) is 0. The lowest BCUT2D eigenvalue weighted by atomic mass is 10.1. The maximum Gasteiger partial charge on any atom is 0.165 e. The number of halogens is 1. The number of benzene rings is 2.